The van der Waals surface area contributed by atoms with E-state index in [1.807, 2.05) is 18.2 Å². The van der Waals surface area contributed by atoms with Crippen molar-refractivity contribution in [2.24, 2.45) is 0 Å². The number of hydrogen-bond acceptors (Lipinski definition) is 6. The molecule has 1 unspecified atom stereocenters. The van der Waals surface area contributed by atoms with Crippen LogP contribution in [0.2, 0.25) is 0 Å². The zero-order valence-corrected chi connectivity index (χ0v) is 14.1. The number of anilines is 1. The Bertz CT molecular complexity index is 822. The van der Waals surface area contributed by atoms with Crippen molar-refractivity contribution >= 4 is 26.7 Å². The molecule has 1 aromatic carbocycles. The second-order valence-corrected chi connectivity index (χ2v) is 7.00. The quantitative estimate of drug-likeness (QED) is 0.781. The Balaban J connectivity index is 1.54. The first kappa shape index (κ1) is 15.2. The Labute approximate surface area is 144 Å². The van der Waals surface area contributed by atoms with Crippen molar-refractivity contribution in [2.75, 3.05) is 18.1 Å². The maximum atomic E-state index is 9.65. The van der Waals surface area contributed by atoms with Gasteiger partial charge in [-0.25, -0.2) is 4.98 Å². The van der Waals surface area contributed by atoms with Crippen molar-refractivity contribution in [3.8, 4) is 11.5 Å². The number of pyridine rings is 1. The second kappa shape index (κ2) is 6.65. The molecule has 0 amide bonds. The lowest BCUT2D eigenvalue weighted by Gasteiger charge is -2.35. The Kier molecular flexibility index (Phi) is 4.21. The Hall–Kier alpha value is -2.34. The predicted octanol–water partition coefficient (Wildman–Crippen LogP) is 3.83. The molecule has 2 aromatic heterocycles. The molecule has 1 atom stereocenters. The summed E-state index contributed by atoms with van der Waals surface area (Å²) in [6.07, 6.45) is 6.97. The zero-order chi connectivity index (χ0) is 16.4. The molecule has 24 heavy (non-hydrogen) atoms. The van der Waals surface area contributed by atoms with Crippen LogP contribution in [0.15, 0.2) is 42.7 Å². The van der Waals surface area contributed by atoms with E-state index in [4.69, 9.17) is 9.72 Å². The van der Waals surface area contributed by atoms with Gasteiger partial charge in [0.15, 0.2) is 5.13 Å². The van der Waals surface area contributed by atoms with Crippen LogP contribution in [0.25, 0.3) is 10.2 Å². The van der Waals surface area contributed by atoms with Gasteiger partial charge in [0.1, 0.15) is 18.1 Å². The highest BCUT2D eigenvalue weighted by Crippen LogP contribution is 2.34. The fraction of sp³-hybridized carbons (Fsp3) is 0.333. The number of ether oxygens (including phenoxy) is 1. The maximum Gasteiger partial charge on any atom is 0.186 e. The minimum absolute atomic E-state index is 0.285. The van der Waals surface area contributed by atoms with Crippen molar-refractivity contribution in [2.45, 2.75) is 25.3 Å². The summed E-state index contributed by atoms with van der Waals surface area (Å²) in [5, 5.41) is 10.7. The molecular formula is C18H19N3O2S. The first-order valence-electron chi connectivity index (χ1n) is 8.18. The van der Waals surface area contributed by atoms with E-state index in [0.29, 0.717) is 12.6 Å². The first-order valence-corrected chi connectivity index (χ1v) is 9.00. The van der Waals surface area contributed by atoms with Crippen LogP contribution in [0, 0.1) is 0 Å². The fourth-order valence-electron chi connectivity index (χ4n) is 3.07. The molecule has 0 bridgehead atoms. The van der Waals surface area contributed by atoms with Gasteiger partial charge < -0.3 is 14.7 Å². The van der Waals surface area contributed by atoms with Crippen molar-refractivity contribution in [1.82, 2.24) is 9.97 Å². The third-order valence-corrected chi connectivity index (χ3v) is 5.37. The highest BCUT2D eigenvalue weighted by molar-refractivity contribution is 7.22. The normalized spacial score (nSPS) is 18.0. The third-order valence-electron chi connectivity index (χ3n) is 4.31. The van der Waals surface area contributed by atoms with E-state index < -0.39 is 0 Å². The van der Waals surface area contributed by atoms with Gasteiger partial charge in [0, 0.05) is 12.7 Å². The molecule has 6 heteroatoms. The third kappa shape index (κ3) is 3.14. The highest BCUT2D eigenvalue weighted by Gasteiger charge is 2.26. The minimum atomic E-state index is 0.285. The van der Waals surface area contributed by atoms with E-state index in [1.54, 1.807) is 35.9 Å². The molecule has 3 heterocycles. The van der Waals surface area contributed by atoms with Gasteiger partial charge in [0.25, 0.3) is 0 Å². The predicted molar refractivity (Wildman–Crippen MR) is 96.0 cm³/mol. The maximum absolute atomic E-state index is 9.65. The summed E-state index contributed by atoms with van der Waals surface area (Å²) in [6, 6.07) is 9.46. The second-order valence-electron chi connectivity index (χ2n) is 5.99. The summed E-state index contributed by atoms with van der Waals surface area (Å²) in [5.41, 5.74) is 0.935. The van der Waals surface area contributed by atoms with Crippen LogP contribution in [-0.2, 0) is 0 Å². The molecule has 1 N–H and O–H groups in total. The fourth-order valence-corrected chi connectivity index (χ4v) is 4.17. The molecule has 124 valence electrons. The van der Waals surface area contributed by atoms with Gasteiger partial charge in [-0.3, -0.25) is 4.98 Å². The Morgan fingerprint density at radius 3 is 3.12 bits per heavy atom. The number of thiazole rings is 1. The first-order chi connectivity index (χ1) is 11.8. The van der Waals surface area contributed by atoms with Crippen molar-refractivity contribution in [3.05, 3.63) is 42.7 Å². The number of aromatic nitrogens is 2. The minimum Gasteiger partial charge on any atom is -0.508 e. The number of benzene rings is 1. The monoisotopic (exact) mass is 341 g/mol. The van der Waals surface area contributed by atoms with Crippen LogP contribution in [0.5, 0.6) is 11.5 Å². The summed E-state index contributed by atoms with van der Waals surface area (Å²) < 4.78 is 6.94. The average molecular weight is 341 g/mol. The molecule has 5 nitrogen and oxygen atoms in total. The lowest BCUT2D eigenvalue weighted by atomic mass is 10.0. The largest absolute Gasteiger partial charge is 0.508 e. The number of hydrogen-bond donors (Lipinski definition) is 1. The van der Waals surface area contributed by atoms with Gasteiger partial charge in [0.2, 0.25) is 0 Å². The van der Waals surface area contributed by atoms with E-state index in [9.17, 15) is 5.11 Å². The van der Waals surface area contributed by atoms with Crippen LogP contribution < -0.4 is 9.64 Å². The van der Waals surface area contributed by atoms with Crippen LogP contribution >= 0.6 is 11.3 Å². The van der Waals surface area contributed by atoms with Crippen LogP contribution in [0.1, 0.15) is 19.3 Å². The van der Waals surface area contributed by atoms with E-state index in [1.165, 1.54) is 12.8 Å². The number of rotatable bonds is 4. The summed E-state index contributed by atoms with van der Waals surface area (Å²) >= 11 is 1.63. The topological polar surface area (TPSA) is 58.5 Å². The van der Waals surface area contributed by atoms with Gasteiger partial charge in [-0.2, -0.15) is 0 Å². The summed E-state index contributed by atoms with van der Waals surface area (Å²) in [6.45, 7) is 1.62. The van der Waals surface area contributed by atoms with E-state index in [2.05, 4.69) is 9.88 Å². The Morgan fingerprint density at radius 1 is 1.29 bits per heavy atom. The average Bonchev–Trinajstić information content (AvgIpc) is 3.04. The molecule has 1 aliphatic heterocycles. The van der Waals surface area contributed by atoms with Gasteiger partial charge in [-0.15, -0.1) is 0 Å². The van der Waals surface area contributed by atoms with Crippen molar-refractivity contribution in [1.29, 1.82) is 0 Å². The number of piperidine rings is 1. The number of aromatic hydroxyl groups is 1. The van der Waals surface area contributed by atoms with Crippen LogP contribution in [-0.4, -0.2) is 34.3 Å². The molecule has 0 spiro atoms. The van der Waals surface area contributed by atoms with Crippen LogP contribution in [0.4, 0.5) is 5.13 Å². The van der Waals surface area contributed by atoms with Crippen molar-refractivity contribution < 1.29 is 9.84 Å². The molecule has 1 aliphatic rings. The van der Waals surface area contributed by atoms with Gasteiger partial charge in [-0.1, -0.05) is 11.3 Å². The summed E-state index contributed by atoms with van der Waals surface area (Å²) in [7, 11) is 0. The number of nitrogens with zero attached hydrogens (tertiary/aromatic N) is 3. The zero-order valence-electron chi connectivity index (χ0n) is 13.3. The molecule has 3 aromatic rings. The smallest absolute Gasteiger partial charge is 0.186 e. The molecule has 4 rings (SSSR count). The molecule has 0 saturated carbocycles. The van der Waals surface area contributed by atoms with Gasteiger partial charge >= 0.3 is 0 Å². The van der Waals surface area contributed by atoms with E-state index in [-0.39, 0.29) is 5.75 Å². The number of phenolic OH excluding ortho intramolecular Hbond substituents is 1. The van der Waals surface area contributed by atoms with E-state index >= 15 is 0 Å². The number of phenols is 1. The molecular weight excluding hydrogens is 322 g/mol. The lowest BCUT2D eigenvalue weighted by Crippen LogP contribution is -2.43. The summed E-state index contributed by atoms with van der Waals surface area (Å²) in [4.78, 5) is 11.2. The lowest BCUT2D eigenvalue weighted by molar-refractivity contribution is 0.259. The molecule has 0 aliphatic carbocycles. The standard InChI is InChI=1S/C18H19N3O2S/c22-14-6-7-16-17(10-14)24-18(20-16)21-9-2-1-4-13(21)12-23-15-5-3-8-19-11-15/h3,5-8,10-11,13,22H,1-2,4,9,12H2. The van der Waals surface area contributed by atoms with Gasteiger partial charge in [0.05, 0.1) is 22.5 Å². The van der Waals surface area contributed by atoms with E-state index in [0.717, 1.165) is 34.1 Å². The highest BCUT2D eigenvalue weighted by atomic mass is 32.1. The molecule has 0 radical (unpaired) electrons. The SMILES string of the molecule is Oc1ccc2nc(N3CCCCC3COc3cccnc3)sc2c1. The number of fused-ring (bicyclic) bond motifs is 1. The summed E-state index contributed by atoms with van der Waals surface area (Å²) in [5.74, 6) is 1.09. The molecule has 1 saturated heterocycles. The molecule has 1 fully saturated rings. The van der Waals surface area contributed by atoms with Crippen LogP contribution in [0.3, 0.4) is 0 Å². The van der Waals surface area contributed by atoms with Gasteiger partial charge in [-0.05, 0) is 49.6 Å². The Morgan fingerprint density at radius 2 is 2.25 bits per heavy atom. The van der Waals surface area contributed by atoms with Crippen molar-refractivity contribution in [3.63, 3.8) is 0 Å².